The van der Waals surface area contributed by atoms with Gasteiger partial charge in [-0.05, 0) is 12.8 Å². The molecule has 0 aromatic carbocycles. The molecule has 1 aromatic rings. The molecule has 5 nitrogen and oxygen atoms in total. The summed E-state index contributed by atoms with van der Waals surface area (Å²) in [5.74, 6) is -0.424. The molecule has 0 radical (unpaired) electrons. The predicted molar refractivity (Wildman–Crippen MR) is 49.3 cm³/mol. The molecule has 1 aromatic heterocycles. The Bertz CT molecular complexity index is 374. The lowest BCUT2D eigenvalue weighted by atomic mass is 10.3. The van der Waals surface area contributed by atoms with Crippen molar-refractivity contribution in [3.8, 4) is 5.75 Å². The largest absolute Gasteiger partial charge is 0.487 e. The quantitative estimate of drug-likeness (QED) is 0.746. The van der Waals surface area contributed by atoms with Crippen molar-refractivity contribution in [1.29, 1.82) is 0 Å². The zero-order valence-corrected chi connectivity index (χ0v) is 7.43. The van der Waals surface area contributed by atoms with Gasteiger partial charge in [0.1, 0.15) is 0 Å². The lowest BCUT2D eigenvalue weighted by Crippen LogP contribution is -2.05. The van der Waals surface area contributed by atoms with E-state index in [2.05, 4.69) is 4.98 Å². The summed E-state index contributed by atoms with van der Waals surface area (Å²) >= 11 is 0. The van der Waals surface area contributed by atoms with Crippen LogP contribution in [0.4, 0.5) is 5.82 Å². The van der Waals surface area contributed by atoms with E-state index >= 15 is 0 Å². The Balaban J connectivity index is 2.26. The molecule has 5 heteroatoms. The highest BCUT2D eigenvalue weighted by atomic mass is 16.5. The molecule has 0 spiro atoms. The van der Waals surface area contributed by atoms with Gasteiger partial charge in [0.25, 0.3) is 0 Å². The Labute approximate surface area is 80.5 Å². The Morgan fingerprint density at radius 2 is 2.36 bits per heavy atom. The Morgan fingerprint density at radius 3 is 2.93 bits per heavy atom. The number of hydrogen-bond acceptors (Lipinski definition) is 4. The number of nitrogens with two attached hydrogens (primary N) is 1. The minimum Gasteiger partial charge on any atom is -0.487 e. The van der Waals surface area contributed by atoms with E-state index in [0.29, 0.717) is 5.75 Å². The maximum atomic E-state index is 10.6. The molecule has 1 fully saturated rings. The van der Waals surface area contributed by atoms with Crippen LogP contribution in [-0.4, -0.2) is 22.2 Å². The summed E-state index contributed by atoms with van der Waals surface area (Å²) in [6.45, 7) is 0. The number of anilines is 1. The molecule has 2 rings (SSSR count). The van der Waals surface area contributed by atoms with Crippen LogP contribution in [0, 0.1) is 0 Å². The van der Waals surface area contributed by atoms with Gasteiger partial charge in [-0.15, -0.1) is 0 Å². The summed E-state index contributed by atoms with van der Waals surface area (Å²) in [6, 6.07) is 1.41. The number of rotatable bonds is 3. The van der Waals surface area contributed by atoms with Crippen molar-refractivity contribution in [2.24, 2.45) is 0 Å². The van der Waals surface area contributed by atoms with Crippen LogP contribution >= 0.6 is 0 Å². The highest BCUT2D eigenvalue weighted by Gasteiger charge is 2.25. The SMILES string of the molecule is Nc1ncc(C(=O)O)cc1OC1CC1. The average Bonchev–Trinajstić information content (AvgIpc) is 2.92. The Hall–Kier alpha value is -1.78. The normalized spacial score (nSPS) is 15.1. The second kappa shape index (κ2) is 3.17. The number of nitrogens with zero attached hydrogens (tertiary/aromatic N) is 1. The molecule has 0 aliphatic heterocycles. The standard InChI is InChI=1S/C9H10N2O3/c10-8-7(14-6-1-2-6)3-5(4-11-8)9(12)13/h3-4,6H,1-2H2,(H2,10,11)(H,12,13). The van der Waals surface area contributed by atoms with Gasteiger partial charge in [0.2, 0.25) is 0 Å². The van der Waals surface area contributed by atoms with Gasteiger partial charge >= 0.3 is 5.97 Å². The van der Waals surface area contributed by atoms with Gasteiger partial charge in [-0.25, -0.2) is 9.78 Å². The Morgan fingerprint density at radius 1 is 1.64 bits per heavy atom. The molecule has 1 saturated carbocycles. The molecule has 74 valence electrons. The third-order valence-electron chi connectivity index (χ3n) is 1.95. The van der Waals surface area contributed by atoms with Crippen LogP contribution in [0.5, 0.6) is 5.75 Å². The second-order valence-corrected chi connectivity index (χ2v) is 3.23. The first-order chi connectivity index (χ1) is 6.66. The lowest BCUT2D eigenvalue weighted by Gasteiger charge is -2.06. The summed E-state index contributed by atoms with van der Waals surface area (Å²) in [4.78, 5) is 14.4. The number of aromatic carboxylic acids is 1. The van der Waals surface area contributed by atoms with Crippen molar-refractivity contribution in [2.45, 2.75) is 18.9 Å². The minimum absolute atomic E-state index is 0.0925. The second-order valence-electron chi connectivity index (χ2n) is 3.23. The number of carboxylic acid groups (broad SMARTS) is 1. The number of hydrogen-bond donors (Lipinski definition) is 2. The molecule has 1 aliphatic carbocycles. The van der Waals surface area contributed by atoms with E-state index in [1.807, 2.05) is 0 Å². The molecule has 1 heterocycles. The molecule has 0 atom stereocenters. The molecule has 14 heavy (non-hydrogen) atoms. The highest BCUT2D eigenvalue weighted by Crippen LogP contribution is 2.29. The van der Waals surface area contributed by atoms with Crippen molar-refractivity contribution in [3.63, 3.8) is 0 Å². The van der Waals surface area contributed by atoms with Crippen LogP contribution in [0.2, 0.25) is 0 Å². The smallest absolute Gasteiger partial charge is 0.337 e. The Kier molecular flexibility index (Phi) is 1.99. The van der Waals surface area contributed by atoms with Gasteiger partial charge in [0.15, 0.2) is 11.6 Å². The van der Waals surface area contributed by atoms with E-state index in [4.69, 9.17) is 15.6 Å². The fourth-order valence-corrected chi connectivity index (χ4v) is 1.03. The monoisotopic (exact) mass is 194 g/mol. The summed E-state index contributed by atoms with van der Waals surface area (Å²) in [7, 11) is 0. The van der Waals surface area contributed by atoms with Crippen LogP contribution in [0.15, 0.2) is 12.3 Å². The minimum atomic E-state index is -1.03. The molecular weight excluding hydrogens is 184 g/mol. The number of pyridine rings is 1. The van der Waals surface area contributed by atoms with Gasteiger partial charge in [-0.2, -0.15) is 0 Å². The molecule has 3 N–H and O–H groups in total. The number of carbonyl (C=O) groups is 1. The van der Waals surface area contributed by atoms with Gasteiger partial charge < -0.3 is 15.6 Å². The van der Waals surface area contributed by atoms with Crippen molar-refractivity contribution in [2.75, 3.05) is 5.73 Å². The van der Waals surface area contributed by atoms with Gasteiger partial charge in [-0.1, -0.05) is 0 Å². The zero-order valence-electron chi connectivity index (χ0n) is 7.43. The third-order valence-corrected chi connectivity index (χ3v) is 1.95. The fraction of sp³-hybridized carbons (Fsp3) is 0.333. The maximum absolute atomic E-state index is 10.6. The van der Waals surface area contributed by atoms with E-state index in [1.165, 1.54) is 12.3 Å². The van der Waals surface area contributed by atoms with E-state index in [0.717, 1.165) is 12.8 Å². The summed E-state index contributed by atoms with van der Waals surface area (Å²) < 4.78 is 5.40. The van der Waals surface area contributed by atoms with Crippen molar-refractivity contribution in [1.82, 2.24) is 4.98 Å². The number of carboxylic acids is 1. The first-order valence-electron chi connectivity index (χ1n) is 4.32. The third kappa shape index (κ3) is 1.76. The van der Waals surface area contributed by atoms with Crippen LogP contribution in [0.3, 0.4) is 0 Å². The number of nitrogen functional groups attached to an aromatic ring is 1. The molecule has 0 unspecified atom stereocenters. The number of ether oxygens (including phenoxy) is 1. The van der Waals surface area contributed by atoms with E-state index in [1.54, 1.807) is 0 Å². The van der Waals surface area contributed by atoms with Gasteiger partial charge in [-0.3, -0.25) is 0 Å². The van der Waals surface area contributed by atoms with Crippen LogP contribution in [-0.2, 0) is 0 Å². The zero-order chi connectivity index (χ0) is 10.1. The summed E-state index contributed by atoms with van der Waals surface area (Å²) in [6.07, 6.45) is 3.40. The molecule has 0 amide bonds. The van der Waals surface area contributed by atoms with E-state index < -0.39 is 5.97 Å². The van der Waals surface area contributed by atoms with Gasteiger partial charge in [0.05, 0.1) is 11.7 Å². The topological polar surface area (TPSA) is 85.4 Å². The first-order valence-corrected chi connectivity index (χ1v) is 4.32. The van der Waals surface area contributed by atoms with Crippen molar-refractivity contribution >= 4 is 11.8 Å². The average molecular weight is 194 g/mol. The van der Waals surface area contributed by atoms with Crippen molar-refractivity contribution in [3.05, 3.63) is 17.8 Å². The first kappa shape index (κ1) is 8.80. The van der Waals surface area contributed by atoms with E-state index in [-0.39, 0.29) is 17.5 Å². The predicted octanol–water partition coefficient (Wildman–Crippen LogP) is 0.903. The van der Waals surface area contributed by atoms with Crippen LogP contribution in [0.1, 0.15) is 23.2 Å². The van der Waals surface area contributed by atoms with Crippen LogP contribution < -0.4 is 10.5 Å². The summed E-state index contributed by atoms with van der Waals surface area (Å²) in [5, 5.41) is 8.71. The summed E-state index contributed by atoms with van der Waals surface area (Å²) in [5.41, 5.74) is 5.63. The lowest BCUT2D eigenvalue weighted by molar-refractivity contribution is 0.0696. The molecule has 0 bridgehead atoms. The van der Waals surface area contributed by atoms with Crippen LogP contribution in [0.25, 0.3) is 0 Å². The maximum Gasteiger partial charge on any atom is 0.337 e. The molecular formula is C9H10N2O3. The fourth-order valence-electron chi connectivity index (χ4n) is 1.03. The van der Waals surface area contributed by atoms with Crippen molar-refractivity contribution < 1.29 is 14.6 Å². The highest BCUT2D eigenvalue weighted by molar-refractivity contribution is 5.88. The van der Waals surface area contributed by atoms with E-state index in [9.17, 15) is 4.79 Å². The van der Waals surface area contributed by atoms with Gasteiger partial charge in [0, 0.05) is 12.3 Å². The molecule has 1 aliphatic rings. The number of aromatic nitrogens is 1. The molecule has 0 saturated heterocycles.